The second-order valence-corrected chi connectivity index (χ2v) is 13.6. The summed E-state index contributed by atoms with van der Waals surface area (Å²) >= 11 is 0. The number of ether oxygens (including phenoxy) is 2. The summed E-state index contributed by atoms with van der Waals surface area (Å²) in [5, 5.41) is 1.66. The minimum Gasteiger partial charge on any atom is -0.486 e. The first kappa shape index (κ1) is 26.7. The first-order valence-electron chi connectivity index (χ1n) is 14.2. The van der Waals surface area contributed by atoms with Crippen LogP contribution < -0.4 is 15.0 Å². The lowest BCUT2D eigenvalue weighted by atomic mass is 9.97. The van der Waals surface area contributed by atoms with Crippen LogP contribution in [0.2, 0.25) is 0 Å². The molecule has 2 aliphatic rings. The molecule has 0 bridgehead atoms. The van der Waals surface area contributed by atoms with E-state index in [1.807, 2.05) is 25.1 Å². The lowest BCUT2D eigenvalue weighted by molar-refractivity contribution is 0.171. The van der Waals surface area contributed by atoms with E-state index in [1.54, 1.807) is 6.20 Å². The number of pyridine rings is 2. The summed E-state index contributed by atoms with van der Waals surface area (Å²) in [5.41, 5.74) is 6.67. The Bertz CT molecular complexity index is 1990. The molecule has 3 aromatic heterocycles. The molecule has 0 aliphatic carbocycles. The van der Waals surface area contributed by atoms with Crippen LogP contribution in [0.15, 0.2) is 59.5 Å². The lowest BCUT2D eigenvalue weighted by Crippen LogP contribution is -2.38. The number of piperidine rings is 1. The molecule has 1 fully saturated rings. The molecule has 2 aliphatic heterocycles. The Balaban J connectivity index is 1.19. The fraction of sp³-hybridized carbons (Fsp3) is 0.312. The van der Waals surface area contributed by atoms with E-state index in [4.69, 9.17) is 9.47 Å². The first-order valence-corrected chi connectivity index (χ1v) is 16.1. The van der Waals surface area contributed by atoms with Crippen LogP contribution in [0.4, 0.5) is 0 Å². The van der Waals surface area contributed by atoms with Crippen molar-refractivity contribution >= 4 is 31.8 Å². The summed E-state index contributed by atoms with van der Waals surface area (Å²) in [4.78, 5) is 26.6. The van der Waals surface area contributed by atoms with Crippen molar-refractivity contribution in [2.75, 3.05) is 32.6 Å². The van der Waals surface area contributed by atoms with Crippen molar-refractivity contribution in [3.8, 4) is 33.9 Å². The first-order chi connectivity index (χ1) is 20.2. The van der Waals surface area contributed by atoms with Crippen LogP contribution in [-0.4, -0.2) is 66.1 Å². The normalized spacial score (nSPS) is 16.3. The lowest BCUT2D eigenvalue weighted by Gasteiger charge is -2.31. The van der Waals surface area contributed by atoms with E-state index in [9.17, 15) is 13.2 Å². The Labute approximate surface area is 243 Å². The molecular formula is C32H32N4O5S. The van der Waals surface area contributed by atoms with Gasteiger partial charge < -0.3 is 19.4 Å². The smallest absolute Gasteiger partial charge is 0.256 e. The largest absolute Gasteiger partial charge is 0.486 e. The van der Waals surface area contributed by atoms with E-state index < -0.39 is 9.84 Å². The van der Waals surface area contributed by atoms with Gasteiger partial charge in [0.05, 0.1) is 22.5 Å². The zero-order valence-corrected chi connectivity index (χ0v) is 24.4. The van der Waals surface area contributed by atoms with Crippen LogP contribution in [0.1, 0.15) is 24.0 Å². The third-order valence-corrected chi connectivity index (χ3v) is 10.2. The van der Waals surface area contributed by atoms with Gasteiger partial charge in [-0.3, -0.25) is 9.69 Å². The number of nitrogens with one attached hydrogen (secondary N) is 2. The van der Waals surface area contributed by atoms with E-state index in [1.165, 1.54) is 11.8 Å². The molecule has 0 saturated carbocycles. The number of hydrogen-bond donors (Lipinski definition) is 2. The van der Waals surface area contributed by atoms with Crippen LogP contribution in [0.25, 0.3) is 44.3 Å². The highest BCUT2D eigenvalue weighted by Crippen LogP contribution is 2.37. The maximum absolute atomic E-state index is 13.2. The number of hydrogen-bond acceptors (Lipinski definition) is 7. The van der Waals surface area contributed by atoms with Gasteiger partial charge in [0.2, 0.25) is 0 Å². The topological polar surface area (TPSA) is 117 Å². The molecule has 1 saturated heterocycles. The Morgan fingerprint density at radius 2 is 1.67 bits per heavy atom. The minimum atomic E-state index is -2.97. The SMILES string of the molecule is Cc1c(-c2ccc3c(c2)OCCO3)c(=O)[nH]c2cnc3[nH]c(-c4ccc(CN5CCC(S(C)(=O)=O)CC5)cc4)cc3c12. The predicted octanol–water partition coefficient (Wildman–Crippen LogP) is 4.83. The Hall–Kier alpha value is -4.15. The van der Waals surface area contributed by atoms with Gasteiger partial charge in [0.25, 0.3) is 5.56 Å². The number of aryl methyl sites for hydroxylation is 1. The third-order valence-electron chi connectivity index (χ3n) is 8.53. The molecule has 2 aromatic carbocycles. The Morgan fingerprint density at radius 1 is 0.952 bits per heavy atom. The van der Waals surface area contributed by atoms with Crippen LogP contribution in [-0.2, 0) is 16.4 Å². The van der Waals surface area contributed by atoms with E-state index in [0.717, 1.165) is 58.4 Å². The summed E-state index contributed by atoms with van der Waals surface area (Å²) in [5.74, 6) is 1.33. The fourth-order valence-electron chi connectivity index (χ4n) is 6.30. The number of aromatic amines is 2. The van der Waals surface area contributed by atoms with Crippen molar-refractivity contribution in [3.05, 3.63) is 76.2 Å². The predicted molar refractivity (Wildman–Crippen MR) is 164 cm³/mol. The van der Waals surface area contributed by atoms with Gasteiger partial charge in [0.15, 0.2) is 11.5 Å². The number of sulfone groups is 1. The van der Waals surface area contributed by atoms with E-state index in [2.05, 4.69) is 50.2 Å². The van der Waals surface area contributed by atoms with Gasteiger partial charge in [0.1, 0.15) is 28.7 Å². The van der Waals surface area contributed by atoms with Crippen molar-refractivity contribution in [2.45, 2.75) is 31.6 Å². The minimum absolute atomic E-state index is 0.176. The molecule has 216 valence electrons. The zero-order chi connectivity index (χ0) is 29.0. The quantitative estimate of drug-likeness (QED) is 0.304. The van der Waals surface area contributed by atoms with Crippen molar-refractivity contribution in [1.29, 1.82) is 0 Å². The summed E-state index contributed by atoms with van der Waals surface area (Å²) in [6.45, 7) is 5.34. The van der Waals surface area contributed by atoms with Crippen LogP contribution >= 0.6 is 0 Å². The molecule has 5 aromatic rings. The highest BCUT2D eigenvalue weighted by molar-refractivity contribution is 7.91. The van der Waals surface area contributed by atoms with E-state index in [0.29, 0.717) is 48.6 Å². The van der Waals surface area contributed by atoms with Gasteiger partial charge in [-0.2, -0.15) is 0 Å². The zero-order valence-electron chi connectivity index (χ0n) is 23.6. The van der Waals surface area contributed by atoms with Crippen molar-refractivity contribution < 1.29 is 17.9 Å². The van der Waals surface area contributed by atoms with Gasteiger partial charge in [0, 0.05) is 29.3 Å². The number of likely N-dealkylation sites (tertiary alicyclic amines) is 1. The van der Waals surface area contributed by atoms with Crippen molar-refractivity contribution in [3.63, 3.8) is 0 Å². The van der Waals surface area contributed by atoms with Crippen molar-refractivity contribution in [2.24, 2.45) is 0 Å². The number of nitrogens with zero attached hydrogens (tertiary/aromatic N) is 2. The molecule has 2 N–H and O–H groups in total. The maximum atomic E-state index is 13.2. The molecule has 10 heteroatoms. The summed E-state index contributed by atoms with van der Waals surface area (Å²) in [7, 11) is -2.97. The molecular weight excluding hydrogens is 552 g/mol. The summed E-state index contributed by atoms with van der Waals surface area (Å²) < 4.78 is 35.2. The standard InChI is InChI=1S/C32H32N4O5S/c1-19-29(22-7-8-27-28(15-22)41-14-13-40-27)32(37)35-26-17-33-31-24(30(19)26)16-25(34-31)21-5-3-20(4-6-21)18-36-11-9-23(10-12-36)42(2,38)39/h3-8,15-17,23H,9-14,18H2,1-2H3,(H,33,34)(H,35,37). The summed E-state index contributed by atoms with van der Waals surface area (Å²) in [6, 6.07) is 16.2. The van der Waals surface area contributed by atoms with Crippen LogP contribution in [0.3, 0.4) is 0 Å². The van der Waals surface area contributed by atoms with E-state index >= 15 is 0 Å². The third kappa shape index (κ3) is 4.84. The number of aromatic nitrogens is 3. The maximum Gasteiger partial charge on any atom is 0.256 e. The number of H-pyrrole nitrogens is 2. The molecule has 42 heavy (non-hydrogen) atoms. The average Bonchev–Trinajstić information content (AvgIpc) is 3.41. The van der Waals surface area contributed by atoms with E-state index in [-0.39, 0.29) is 10.8 Å². The van der Waals surface area contributed by atoms with Gasteiger partial charge >= 0.3 is 0 Å². The monoisotopic (exact) mass is 584 g/mol. The van der Waals surface area contributed by atoms with Gasteiger partial charge in [-0.1, -0.05) is 30.3 Å². The second kappa shape index (κ2) is 10.3. The Morgan fingerprint density at radius 3 is 2.40 bits per heavy atom. The molecule has 0 spiro atoms. The van der Waals surface area contributed by atoms with Crippen LogP contribution in [0, 0.1) is 6.92 Å². The molecule has 5 heterocycles. The Kier molecular flexibility index (Phi) is 6.55. The summed E-state index contributed by atoms with van der Waals surface area (Å²) in [6.07, 6.45) is 4.42. The van der Waals surface area contributed by atoms with Gasteiger partial charge in [-0.25, -0.2) is 13.4 Å². The van der Waals surface area contributed by atoms with Gasteiger partial charge in [-0.05, 0) is 73.3 Å². The van der Waals surface area contributed by atoms with Crippen molar-refractivity contribution in [1.82, 2.24) is 19.9 Å². The molecule has 9 nitrogen and oxygen atoms in total. The second-order valence-electron chi connectivity index (χ2n) is 11.3. The number of rotatable bonds is 5. The highest BCUT2D eigenvalue weighted by atomic mass is 32.2. The fourth-order valence-corrected chi connectivity index (χ4v) is 7.37. The molecule has 7 rings (SSSR count). The average molecular weight is 585 g/mol. The molecule has 0 atom stereocenters. The molecule has 0 radical (unpaired) electrons. The number of fused-ring (bicyclic) bond motifs is 4. The highest BCUT2D eigenvalue weighted by Gasteiger charge is 2.26. The molecule has 0 amide bonds. The van der Waals surface area contributed by atoms with Gasteiger partial charge in [-0.15, -0.1) is 0 Å². The number of benzene rings is 2. The molecule has 0 unspecified atom stereocenters. The van der Waals surface area contributed by atoms with Crippen LogP contribution in [0.5, 0.6) is 11.5 Å².